The zero-order valence-electron chi connectivity index (χ0n) is 21.3. The van der Waals surface area contributed by atoms with Crippen LogP contribution in [-0.4, -0.2) is 48.8 Å². The molecule has 2 aliphatic rings. The van der Waals surface area contributed by atoms with Crippen LogP contribution in [0.3, 0.4) is 0 Å². The van der Waals surface area contributed by atoms with E-state index in [1.807, 2.05) is 31.2 Å². The molecule has 36 heavy (non-hydrogen) atoms. The Hall–Kier alpha value is -2.97. The SMILES string of the molecule is C=C(CC)N=C/C(=C\N)C(CNCc1cccc(=C)/c1=C\C=C(/N)NC1CC1)N1CCC(F)(F)CC1. The monoisotopic (exact) mass is 498 g/mol. The van der Waals surface area contributed by atoms with Gasteiger partial charge in [-0.3, -0.25) is 9.89 Å². The number of hydrogen-bond acceptors (Lipinski definition) is 6. The van der Waals surface area contributed by atoms with Gasteiger partial charge >= 0.3 is 0 Å². The lowest BCUT2D eigenvalue weighted by atomic mass is 10.0. The zero-order chi connectivity index (χ0) is 26.1. The second-order valence-electron chi connectivity index (χ2n) is 9.58. The van der Waals surface area contributed by atoms with Crippen molar-refractivity contribution in [3.63, 3.8) is 0 Å². The summed E-state index contributed by atoms with van der Waals surface area (Å²) in [6, 6.07) is 6.30. The van der Waals surface area contributed by atoms with Crippen molar-refractivity contribution in [2.24, 2.45) is 16.5 Å². The second-order valence-corrected chi connectivity index (χ2v) is 9.58. The lowest BCUT2D eigenvalue weighted by Gasteiger charge is -2.38. The molecule has 1 atom stereocenters. The standard InChI is InChI=1S/C28H40F2N6/c1-4-21(3)34-18-23(16-31)26(36-14-12-28(29,30)13-15-36)19-33-17-22-7-5-6-20(2)25(22)10-11-27(32)35-24-8-9-24/h5-7,10-11,16,18,24,26,33,35H,2-4,8-9,12-15,17,19,31-32H2,1H3/b23-16+,25-10+,27-11+,34-18?. The normalized spacial score (nSPS) is 20.6. The molecule has 1 saturated carbocycles. The molecule has 0 amide bonds. The maximum atomic E-state index is 13.8. The molecule has 3 rings (SSSR count). The van der Waals surface area contributed by atoms with Gasteiger partial charge < -0.3 is 22.1 Å². The largest absolute Gasteiger partial charge is 0.404 e. The first-order chi connectivity index (χ1) is 17.2. The maximum Gasteiger partial charge on any atom is 0.250 e. The fraction of sp³-hybridized carbons (Fsp3) is 0.464. The number of nitrogens with two attached hydrogens (primary N) is 2. The van der Waals surface area contributed by atoms with Crippen molar-refractivity contribution in [3.05, 3.63) is 70.1 Å². The highest BCUT2D eigenvalue weighted by Crippen LogP contribution is 2.29. The van der Waals surface area contributed by atoms with Crippen LogP contribution in [0, 0.1) is 0 Å². The van der Waals surface area contributed by atoms with E-state index in [9.17, 15) is 8.78 Å². The third kappa shape index (κ3) is 8.31. The van der Waals surface area contributed by atoms with Crippen molar-refractivity contribution in [1.82, 2.24) is 15.5 Å². The summed E-state index contributed by atoms with van der Waals surface area (Å²) < 4.78 is 27.7. The maximum absolute atomic E-state index is 13.8. The molecule has 1 aliphatic carbocycles. The molecule has 6 nitrogen and oxygen atoms in total. The molecule has 6 N–H and O–H groups in total. The van der Waals surface area contributed by atoms with E-state index >= 15 is 0 Å². The van der Waals surface area contributed by atoms with E-state index in [1.165, 1.54) is 6.20 Å². The summed E-state index contributed by atoms with van der Waals surface area (Å²) in [6.07, 6.45) is 9.81. The van der Waals surface area contributed by atoms with Gasteiger partial charge in [-0.15, -0.1) is 0 Å². The Kier molecular flexibility index (Phi) is 9.84. The molecule has 2 fully saturated rings. The molecule has 1 aromatic carbocycles. The molecule has 1 unspecified atom stereocenters. The Balaban J connectivity index is 1.75. The predicted molar refractivity (Wildman–Crippen MR) is 146 cm³/mol. The third-order valence-electron chi connectivity index (χ3n) is 6.67. The van der Waals surface area contributed by atoms with Gasteiger partial charge in [0.1, 0.15) is 0 Å². The second kappa shape index (κ2) is 12.8. The Bertz CT molecular complexity index is 1090. The van der Waals surface area contributed by atoms with Crippen molar-refractivity contribution in [2.45, 2.75) is 63.6 Å². The van der Waals surface area contributed by atoms with Gasteiger partial charge in [-0.25, -0.2) is 8.78 Å². The number of alkyl halides is 2. The number of nitrogens with zero attached hydrogens (tertiary/aromatic N) is 2. The van der Waals surface area contributed by atoms with Crippen LogP contribution in [-0.2, 0) is 6.54 Å². The van der Waals surface area contributed by atoms with E-state index in [0.717, 1.165) is 46.5 Å². The summed E-state index contributed by atoms with van der Waals surface area (Å²) in [4.78, 5) is 6.47. The molecule has 0 spiro atoms. The molecule has 1 saturated heterocycles. The molecule has 0 aromatic heterocycles. The summed E-state index contributed by atoms with van der Waals surface area (Å²) in [5.41, 5.74) is 14.7. The molecular formula is C28H40F2N6. The molecule has 1 aromatic rings. The fourth-order valence-electron chi connectivity index (χ4n) is 4.18. The van der Waals surface area contributed by atoms with Gasteiger partial charge in [0.2, 0.25) is 0 Å². The van der Waals surface area contributed by atoms with Gasteiger partial charge in [-0.1, -0.05) is 44.4 Å². The average Bonchev–Trinajstić information content (AvgIpc) is 3.66. The van der Waals surface area contributed by atoms with Gasteiger partial charge in [-0.2, -0.15) is 0 Å². The predicted octanol–water partition coefficient (Wildman–Crippen LogP) is 2.46. The van der Waals surface area contributed by atoms with Crippen LogP contribution < -0.4 is 32.5 Å². The average molecular weight is 499 g/mol. The van der Waals surface area contributed by atoms with Crippen molar-refractivity contribution >= 4 is 18.9 Å². The summed E-state index contributed by atoms with van der Waals surface area (Å²) >= 11 is 0. The number of allylic oxidation sites excluding steroid dienone is 2. The van der Waals surface area contributed by atoms with Crippen molar-refractivity contribution < 1.29 is 8.78 Å². The molecule has 8 heteroatoms. The van der Waals surface area contributed by atoms with Gasteiger partial charge in [-0.05, 0) is 41.3 Å². The number of likely N-dealkylation sites (tertiary alicyclic amines) is 1. The Morgan fingerprint density at radius 2 is 2.03 bits per heavy atom. The number of benzene rings is 1. The van der Waals surface area contributed by atoms with Gasteiger partial charge in [0.25, 0.3) is 5.92 Å². The van der Waals surface area contributed by atoms with E-state index in [2.05, 4.69) is 39.8 Å². The van der Waals surface area contributed by atoms with Crippen molar-refractivity contribution in [2.75, 3.05) is 19.6 Å². The van der Waals surface area contributed by atoms with E-state index in [0.29, 0.717) is 38.0 Å². The van der Waals surface area contributed by atoms with Crippen LogP contribution in [0.2, 0.25) is 0 Å². The molecule has 0 bridgehead atoms. The Labute approximate surface area is 213 Å². The first-order valence-electron chi connectivity index (χ1n) is 12.7. The fourth-order valence-corrected chi connectivity index (χ4v) is 4.18. The molecular weight excluding hydrogens is 458 g/mol. The number of piperidine rings is 1. The van der Waals surface area contributed by atoms with Crippen molar-refractivity contribution in [3.8, 4) is 0 Å². The lowest BCUT2D eigenvalue weighted by Crippen LogP contribution is -2.50. The molecule has 1 aliphatic heterocycles. The number of nitrogens with one attached hydrogen (secondary N) is 2. The topological polar surface area (TPSA) is 91.7 Å². The third-order valence-corrected chi connectivity index (χ3v) is 6.67. The van der Waals surface area contributed by atoms with E-state index < -0.39 is 5.92 Å². The quantitative estimate of drug-likeness (QED) is 0.333. The Morgan fingerprint density at radius 1 is 1.31 bits per heavy atom. The van der Waals surface area contributed by atoms with E-state index in [1.54, 1.807) is 6.21 Å². The summed E-state index contributed by atoms with van der Waals surface area (Å²) in [7, 11) is 0. The highest BCUT2D eigenvalue weighted by molar-refractivity contribution is 5.81. The minimum atomic E-state index is -2.62. The number of halogens is 2. The summed E-state index contributed by atoms with van der Waals surface area (Å²) in [6.45, 7) is 11.8. The minimum absolute atomic E-state index is 0.161. The van der Waals surface area contributed by atoms with Crippen LogP contribution >= 0.6 is 0 Å². The first-order valence-corrected chi connectivity index (χ1v) is 12.7. The molecule has 196 valence electrons. The number of aliphatic imine (C=N–C) groups is 1. The smallest absolute Gasteiger partial charge is 0.250 e. The van der Waals surface area contributed by atoms with Crippen LogP contribution in [0.15, 0.2) is 59.1 Å². The van der Waals surface area contributed by atoms with Gasteiger partial charge in [0.05, 0.1) is 11.9 Å². The van der Waals surface area contributed by atoms with Crippen LogP contribution in [0.25, 0.3) is 12.7 Å². The van der Waals surface area contributed by atoms with Gasteiger partial charge in [0, 0.05) is 68.7 Å². The summed E-state index contributed by atoms with van der Waals surface area (Å²) in [5.74, 6) is -1.97. The van der Waals surface area contributed by atoms with E-state index in [4.69, 9.17) is 11.5 Å². The van der Waals surface area contributed by atoms with Crippen LogP contribution in [0.5, 0.6) is 0 Å². The molecule has 0 radical (unpaired) electrons. The minimum Gasteiger partial charge on any atom is -0.404 e. The summed E-state index contributed by atoms with van der Waals surface area (Å²) in [5, 5.41) is 8.71. The highest BCUT2D eigenvalue weighted by atomic mass is 19.3. The zero-order valence-corrected chi connectivity index (χ0v) is 21.3. The first kappa shape index (κ1) is 27.6. The van der Waals surface area contributed by atoms with Gasteiger partial charge in [0.15, 0.2) is 0 Å². The lowest BCUT2D eigenvalue weighted by molar-refractivity contribution is -0.0599. The van der Waals surface area contributed by atoms with Crippen LogP contribution in [0.1, 0.15) is 44.6 Å². The van der Waals surface area contributed by atoms with Crippen molar-refractivity contribution in [1.29, 1.82) is 0 Å². The van der Waals surface area contributed by atoms with Crippen LogP contribution in [0.4, 0.5) is 8.78 Å². The van der Waals surface area contributed by atoms with E-state index in [-0.39, 0.29) is 18.9 Å². The highest BCUT2D eigenvalue weighted by Gasteiger charge is 2.36. The number of hydrogen-bond donors (Lipinski definition) is 4. The number of rotatable bonds is 12. The molecule has 1 heterocycles. The Morgan fingerprint density at radius 3 is 2.67 bits per heavy atom.